The molecule has 3 atom stereocenters. The minimum atomic E-state index is -0.384. The highest BCUT2D eigenvalue weighted by Gasteiger charge is 2.41. The molecule has 2 nitrogen and oxygen atoms in total. The standard InChI is InChI=1S/C16H21BrO2/c1-11-3-2-7-16(8-6-11)10-14(18)13-5-4-12(17)9-15(13)19-16/h4-5,9,11,14,18H,2-3,6-8,10H2,1H3. The lowest BCUT2D eigenvalue weighted by Gasteiger charge is -2.40. The molecule has 1 aliphatic heterocycles. The lowest BCUT2D eigenvalue weighted by molar-refractivity contribution is -0.0250. The van der Waals surface area contributed by atoms with E-state index in [2.05, 4.69) is 22.9 Å². The monoisotopic (exact) mass is 324 g/mol. The summed E-state index contributed by atoms with van der Waals surface area (Å²) in [5.41, 5.74) is 0.795. The van der Waals surface area contributed by atoms with Gasteiger partial charge in [-0.2, -0.15) is 0 Å². The smallest absolute Gasteiger partial charge is 0.127 e. The van der Waals surface area contributed by atoms with Crippen molar-refractivity contribution < 1.29 is 9.84 Å². The van der Waals surface area contributed by atoms with Crippen LogP contribution in [0.4, 0.5) is 0 Å². The van der Waals surface area contributed by atoms with Gasteiger partial charge in [-0.25, -0.2) is 0 Å². The number of halogens is 1. The SMILES string of the molecule is CC1CCCC2(CC1)CC(O)c1ccc(Br)cc1O2. The summed E-state index contributed by atoms with van der Waals surface area (Å²) in [7, 11) is 0. The molecule has 0 aromatic heterocycles. The normalized spacial score (nSPS) is 34.5. The topological polar surface area (TPSA) is 29.5 Å². The van der Waals surface area contributed by atoms with Gasteiger partial charge in [0.15, 0.2) is 0 Å². The van der Waals surface area contributed by atoms with E-state index in [1.54, 1.807) is 0 Å². The molecule has 1 N–H and O–H groups in total. The number of rotatable bonds is 0. The molecule has 1 spiro atoms. The van der Waals surface area contributed by atoms with Gasteiger partial charge >= 0.3 is 0 Å². The Morgan fingerprint density at radius 3 is 3.00 bits per heavy atom. The van der Waals surface area contributed by atoms with Crippen LogP contribution in [0.1, 0.15) is 57.1 Å². The van der Waals surface area contributed by atoms with Gasteiger partial charge in [0.2, 0.25) is 0 Å². The van der Waals surface area contributed by atoms with Gasteiger partial charge in [-0.05, 0) is 43.7 Å². The van der Waals surface area contributed by atoms with Crippen molar-refractivity contribution in [3.05, 3.63) is 28.2 Å². The van der Waals surface area contributed by atoms with Crippen LogP contribution in [0.2, 0.25) is 0 Å². The molecule has 3 heteroatoms. The predicted octanol–water partition coefficient (Wildman–Crippen LogP) is 4.60. The van der Waals surface area contributed by atoms with Crippen molar-refractivity contribution in [2.75, 3.05) is 0 Å². The molecule has 0 bridgehead atoms. The van der Waals surface area contributed by atoms with Gasteiger partial charge in [-0.1, -0.05) is 35.3 Å². The quantitative estimate of drug-likeness (QED) is 0.755. The molecule has 1 fully saturated rings. The van der Waals surface area contributed by atoms with Crippen molar-refractivity contribution >= 4 is 15.9 Å². The first-order valence-electron chi connectivity index (χ1n) is 7.24. The molecule has 0 amide bonds. The van der Waals surface area contributed by atoms with Gasteiger partial charge in [0, 0.05) is 16.5 Å². The molecule has 1 saturated carbocycles. The van der Waals surface area contributed by atoms with Crippen molar-refractivity contribution in [3.8, 4) is 5.75 Å². The third-order valence-electron chi connectivity index (χ3n) is 4.65. The molecular formula is C16H21BrO2. The predicted molar refractivity (Wildman–Crippen MR) is 79.3 cm³/mol. The zero-order valence-corrected chi connectivity index (χ0v) is 12.9. The Labute approximate surface area is 123 Å². The van der Waals surface area contributed by atoms with Gasteiger partial charge in [-0.3, -0.25) is 0 Å². The lowest BCUT2D eigenvalue weighted by atomic mass is 9.83. The molecule has 3 rings (SSSR count). The number of hydrogen-bond donors (Lipinski definition) is 1. The average molecular weight is 325 g/mol. The van der Waals surface area contributed by atoms with Crippen molar-refractivity contribution in [1.29, 1.82) is 0 Å². The van der Waals surface area contributed by atoms with E-state index in [0.717, 1.165) is 41.0 Å². The van der Waals surface area contributed by atoms with Crippen molar-refractivity contribution in [3.63, 3.8) is 0 Å². The Kier molecular flexibility index (Phi) is 3.61. The van der Waals surface area contributed by atoms with Gasteiger partial charge in [-0.15, -0.1) is 0 Å². The Balaban J connectivity index is 1.90. The third kappa shape index (κ3) is 2.68. The third-order valence-corrected chi connectivity index (χ3v) is 5.14. The van der Waals surface area contributed by atoms with Crippen LogP contribution >= 0.6 is 15.9 Å². The Morgan fingerprint density at radius 1 is 1.32 bits per heavy atom. The summed E-state index contributed by atoms with van der Waals surface area (Å²) in [6.45, 7) is 2.32. The molecule has 0 radical (unpaired) electrons. The molecule has 1 heterocycles. The van der Waals surface area contributed by atoms with Gasteiger partial charge in [0.25, 0.3) is 0 Å². The summed E-state index contributed by atoms with van der Waals surface area (Å²) in [4.78, 5) is 0. The first-order chi connectivity index (χ1) is 9.08. The maximum Gasteiger partial charge on any atom is 0.127 e. The van der Waals surface area contributed by atoms with Crippen LogP contribution in [0.5, 0.6) is 5.75 Å². The van der Waals surface area contributed by atoms with Crippen LogP contribution < -0.4 is 4.74 Å². The summed E-state index contributed by atoms with van der Waals surface area (Å²) in [5.74, 6) is 1.65. The molecular weight excluding hydrogens is 304 g/mol. The van der Waals surface area contributed by atoms with E-state index in [1.807, 2.05) is 18.2 Å². The largest absolute Gasteiger partial charge is 0.487 e. The first kappa shape index (κ1) is 13.4. The van der Waals surface area contributed by atoms with Crippen molar-refractivity contribution in [2.24, 2.45) is 5.92 Å². The summed E-state index contributed by atoms with van der Waals surface area (Å²) >= 11 is 3.49. The Hall–Kier alpha value is -0.540. The van der Waals surface area contributed by atoms with E-state index >= 15 is 0 Å². The van der Waals surface area contributed by atoms with Crippen LogP contribution in [0.25, 0.3) is 0 Å². The summed E-state index contributed by atoms with van der Waals surface area (Å²) in [6.07, 6.45) is 6.19. The van der Waals surface area contributed by atoms with Crippen LogP contribution in [0.15, 0.2) is 22.7 Å². The van der Waals surface area contributed by atoms with Crippen LogP contribution in [0, 0.1) is 5.92 Å². The van der Waals surface area contributed by atoms with Crippen LogP contribution in [-0.2, 0) is 0 Å². The molecule has 3 unspecified atom stereocenters. The van der Waals surface area contributed by atoms with Gasteiger partial charge in [0.1, 0.15) is 11.4 Å². The maximum atomic E-state index is 10.4. The Morgan fingerprint density at radius 2 is 2.16 bits per heavy atom. The average Bonchev–Trinajstić information content (AvgIpc) is 2.52. The molecule has 1 aromatic carbocycles. The highest BCUT2D eigenvalue weighted by atomic mass is 79.9. The molecule has 104 valence electrons. The van der Waals surface area contributed by atoms with E-state index in [1.165, 1.54) is 19.3 Å². The van der Waals surface area contributed by atoms with Gasteiger partial charge in [0.05, 0.1) is 6.10 Å². The zero-order chi connectivity index (χ0) is 13.5. The fraction of sp³-hybridized carbons (Fsp3) is 0.625. The molecule has 2 aliphatic rings. The summed E-state index contributed by atoms with van der Waals surface area (Å²) in [6, 6.07) is 5.93. The lowest BCUT2D eigenvalue weighted by Crippen LogP contribution is -2.40. The Bertz CT molecular complexity index is 474. The minimum absolute atomic E-state index is 0.141. The second kappa shape index (κ2) is 5.10. The number of aliphatic hydroxyl groups is 1. The number of ether oxygens (including phenoxy) is 1. The molecule has 0 saturated heterocycles. The van der Waals surface area contributed by atoms with Crippen LogP contribution in [-0.4, -0.2) is 10.7 Å². The van der Waals surface area contributed by atoms with E-state index in [4.69, 9.17) is 4.74 Å². The van der Waals surface area contributed by atoms with E-state index in [0.29, 0.717) is 0 Å². The highest BCUT2D eigenvalue weighted by Crippen LogP contribution is 2.46. The van der Waals surface area contributed by atoms with E-state index < -0.39 is 0 Å². The number of benzene rings is 1. The minimum Gasteiger partial charge on any atom is -0.487 e. The molecule has 1 aliphatic carbocycles. The molecule has 19 heavy (non-hydrogen) atoms. The van der Waals surface area contributed by atoms with Crippen molar-refractivity contribution in [1.82, 2.24) is 0 Å². The van der Waals surface area contributed by atoms with Crippen LogP contribution in [0.3, 0.4) is 0 Å². The zero-order valence-electron chi connectivity index (χ0n) is 11.4. The second-order valence-electron chi connectivity index (χ2n) is 6.22. The molecule has 1 aromatic rings. The van der Waals surface area contributed by atoms with E-state index in [9.17, 15) is 5.11 Å². The number of aliphatic hydroxyl groups excluding tert-OH is 1. The van der Waals surface area contributed by atoms with Gasteiger partial charge < -0.3 is 9.84 Å². The van der Waals surface area contributed by atoms with E-state index in [-0.39, 0.29) is 11.7 Å². The maximum absolute atomic E-state index is 10.4. The number of fused-ring (bicyclic) bond motifs is 1. The fourth-order valence-corrected chi connectivity index (χ4v) is 3.81. The first-order valence-corrected chi connectivity index (χ1v) is 8.04. The summed E-state index contributed by atoms with van der Waals surface area (Å²) < 4.78 is 7.36. The fourth-order valence-electron chi connectivity index (χ4n) is 3.47. The summed E-state index contributed by atoms with van der Waals surface area (Å²) in [5, 5.41) is 10.4. The second-order valence-corrected chi connectivity index (χ2v) is 7.14. The number of hydrogen-bond acceptors (Lipinski definition) is 2. The highest BCUT2D eigenvalue weighted by molar-refractivity contribution is 9.10. The van der Waals surface area contributed by atoms with Crippen molar-refractivity contribution in [2.45, 2.75) is 57.2 Å².